The van der Waals surface area contributed by atoms with Gasteiger partial charge in [0, 0.05) is 49.5 Å². The smallest absolute Gasteiger partial charge is 0.225 e. The first-order valence-electron chi connectivity index (χ1n) is 13.7. The van der Waals surface area contributed by atoms with E-state index in [1.807, 2.05) is 13.0 Å². The van der Waals surface area contributed by atoms with E-state index in [9.17, 15) is 15.3 Å². The Kier molecular flexibility index (Phi) is 6.37. The number of piperazine rings is 1. The van der Waals surface area contributed by atoms with E-state index >= 15 is 0 Å². The first kappa shape index (κ1) is 24.6. The average molecular weight is 509 g/mol. The molecular formula is C30H32N6O2. The zero-order valence-electron chi connectivity index (χ0n) is 21.8. The molecule has 2 aliphatic heterocycles. The van der Waals surface area contributed by atoms with Crippen LogP contribution in [0.5, 0.6) is 0 Å². The molecule has 0 N–H and O–H groups in total. The predicted octanol–water partition coefficient (Wildman–Crippen LogP) is 4.32. The summed E-state index contributed by atoms with van der Waals surface area (Å²) < 4.78 is 5.52. The second kappa shape index (κ2) is 9.85. The fourth-order valence-electron chi connectivity index (χ4n) is 5.90. The van der Waals surface area contributed by atoms with Gasteiger partial charge in [0.1, 0.15) is 18.0 Å². The number of hydrogen-bond donors (Lipinski definition) is 0. The fourth-order valence-corrected chi connectivity index (χ4v) is 5.90. The summed E-state index contributed by atoms with van der Waals surface area (Å²) in [6, 6.07) is 6.72. The molecule has 0 bridgehead atoms. The zero-order valence-corrected chi connectivity index (χ0v) is 21.8. The number of nitriles is 2. The molecule has 2 aliphatic carbocycles. The molecule has 2 saturated carbocycles. The Hall–Kier alpha value is -3.75. The molecule has 4 fully saturated rings. The standard InChI is InChI=1S/C30H32N6O2/c1-3-22-12-24(21(14-31)16-33-22)28-18(2)25(15-32)30(34-29(28)20-6-7-20)35-9-10-36(26(17-35)19-4-5-19)27(37)13-23-8-11-38-23/h3,12,16,19-20,23,26H,1,4-11,13,17H2,2H3/t23-,26-/m0/s1. The van der Waals surface area contributed by atoms with E-state index < -0.39 is 0 Å². The minimum Gasteiger partial charge on any atom is -0.377 e. The Labute approximate surface area is 223 Å². The molecule has 0 aromatic carbocycles. The van der Waals surface area contributed by atoms with Crippen LogP contribution in [0.15, 0.2) is 18.8 Å². The maximum absolute atomic E-state index is 13.2. The lowest BCUT2D eigenvalue weighted by Crippen LogP contribution is -2.57. The van der Waals surface area contributed by atoms with Gasteiger partial charge in [-0.1, -0.05) is 6.58 Å². The Bertz CT molecular complexity index is 1380. The van der Waals surface area contributed by atoms with E-state index in [0.29, 0.717) is 60.5 Å². The molecule has 2 aromatic rings. The van der Waals surface area contributed by atoms with E-state index in [0.717, 1.165) is 61.1 Å². The van der Waals surface area contributed by atoms with Crippen LogP contribution < -0.4 is 4.90 Å². The third kappa shape index (κ3) is 4.44. The number of hydrogen-bond acceptors (Lipinski definition) is 7. The number of nitrogens with zero attached hydrogens (tertiary/aromatic N) is 6. The molecule has 0 radical (unpaired) electrons. The monoisotopic (exact) mass is 508 g/mol. The number of rotatable bonds is 7. The van der Waals surface area contributed by atoms with Crippen molar-refractivity contribution in [1.82, 2.24) is 14.9 Å². The van der Waals surface area contributed by atoms with E-state index in [-0.39, 0.29) is 18.1 Å². The van der Waals surface area contributed by atoms with Crippen molar-refractivity contribution in [1.29, 1.82) is 10.5 Å². The lowest BCUT2D eigenvalue weighted by atomic mass is 9.91. The molecule has 2 atom stereocenters. The summed E-state index contributed by atoms with van der Waals surface area (Å²) in [5.74, 6) is 1.72. The Morgan fingerprint density at radius 2 is 2.00 bits per heavy atom. The predicted molar refractivity (Wildman–Crippen MR) is 143 cm³/mol. The van der Waals surface area contributed by atoms with Crippen molar-refractivity contribution in [3.63, 3.8) is 0 Å². The highest BCUT2D eigenvalue weighted by atomic mass is 16.5. The molecule has 4 heterocycles. The van der Waals surface area contributed by atoms with Crippen molar-refractivity contribution in [2.45, 2.75) is 63.5 Å². The van der Waals surface area contributed by atoms with Crippen molar-refractivity contribution in [2.75, 3.05) is 31.1 Å². The normalized spacial score (nSPS) is 22.8. The Morgan fingerprint density at radius 1 is 1.21 bits per heavy atom. The maximum atomic E-state index is 13.2. The number of amides is 1. The van der Waals surface area contributed by atoms with Crippen LogP contribution >= 0.6 is 0 Å². The van der Waals surface area contributed by atoms with Gasteiger partial charge in [-0.05, 0) is 62.7 Å². The van der Waals surface area contributed by atoms with Crippen LogP contribution in [-0.2, 0) is 9.53 Å². The molecule has 1 amide bonds. The van der Waals surface area contributed by atoms with Gasteiger partial charge in [0.05, 0.1) is 41.1 Å². The molecule has 4 aliphatic rings. The summed E-state index contributed by atoms with van der Waals surface area (Å²) in [7, 11) is 0. The van der Waals surface area contributed by atoms with E-state index in [1.165, 1.54) is 0 Å². The third-order valence-electron chi connectivity index (χ3n) is 8.46. The SMILES string of the molecule is C=Cc1cc(-c2c(C3CC3)nc(N3CCN(C(=O)C[C@@H]4CCO4)[C@H](C4CC4)C3)c(C#N)c2C)c(C#N)cn1. The Morgan fingerprint density at radius 3 is 2.61 bits per heavy atom. The first-order valence-corrected chi connectivity index (χ1v) is 13.7. The summed E-state index contributed by atoms with van der Waals surface area (Å²) in [4.78, 5) is 26.9. The quantitative estimate of drug-likeness (QED) is 0.548. The van der Waals surface area contributed by atoms with E-state index in [4.69, 9.17) is 9.72 Å². The van der Waals surface area contributed by atoms with Crippen LogP contribution in [0, 0.1) is 35.5 Å². The zero-order chi connectivity index (χ0) is 26.4. The average Bonchev–Trinajstić information content (AvgIpc) is 3.83. The van der Waals surface area contributed by atoms with Crippen molar-refractivity contribution >= 4 is 17.8 Å². The molecular weight excluding hydrogens is 476 g/mol. The van der Waals surface area contributed by atoms with Crippen molar-refractivity contribution in [2.24, 2.45) is 5.92 Å². The molecule has 38 heavy (non-hydrogen) atoms. The van der Waals surface area contributed by atoms with Crippen LogP contribution in [-0.4, -0.2) is 59.2 Å². The van der Waals surface area contributed by atoms with Crippen LogP contribution in [0.1, 0.15) is 72.5 Å². The number of anilines is 1. The second-order valence-electron chi connectivity index (χ2n) is 11.0. The van der Waals surface area contributed by atoms with Gasteiger partial charge in [-0.2, -0.15) is 10.5 Å². The van der Waals surface area contributed by atoms with Gasteiger partial charge in [0.2, 0.25) is 5.91 Å². The number of carbonyl (C=O) groups is 1. The highest BCUT2D eigenvalue weighted by Crippen LogP contribution is 2.47. The summed E-state index contributed by atoms with van der Waals surface area (Å²) in [5, 5.41) is 20.2. The maximum Gasteiger partial charge on any atom is 0.225 e. The van der Waals surface area contributed by atoms with Crippen molar-refractivity contribution in [3.05, 3.63) is 46.9 Å². The molecule has 8 nitrogen and oxygen atoms in total. The van der Waals surface area contributed by atoms with E-state index in [2.05, 4.69) is 33.5 Å². The third-order valence-corrected chi connectivity index (χ3v) is 8.46. The van der Waals surface area contributed by atoms with Crippen molar-refractivity contribution in [3.8, 4) is 23.3 Å². The number of carbonyl (C=O) groups excluding carboxylic acids is 1. The second-order valence-corrected chi connectivity index (χ2v) is 11.0. The molecule has 8 heteroatoms. The van der Waals surface area contributed by atoms with Gasteiger partial charge >= 0.3 is 0 Å². The summed E-state index contributed by atoms with van der Waals surface area (Å²) >= 11 is 0. The van der Waals surface area contributed by atoms with Crippen LogP contribution in [0.3, 0.4) is 0 Å². The number of pyridine rings is 2. The van der Waals surface area contributed by atoms with E-state index in [1.54, 1.807) is 12.3 Å². The lowest BCUT2D eigenvalue weighted by Gasteiger charge is -2.43. The minimum atomic E-state index is 0.0663. The molecule has 2 saturated heterocycles. The first-order chi connectivity index (χ1) is 18.5. The summed E-state index contributed by atoms with van der Waals surface area (Å²) in [6.07, 6.45) is 9.09. The van der Waals surface area contributed by atoms with Crippen molar-refractivity contribution < 1.29 is 9.53 Å². The van der Waals surface area contributed by atoms with Gasteiger partial charge in [0.15, 0.2) is 0 Å². The lowest BCUT2D eigenvalue weighted by molar-refractivity contribution is -0.142. The summed E-state index contributed by atoms with van der Waals surface area (Å²) in [6.45, 7) is 8.52. The molecule has 0 unspecified atom stereocenters. The van der Waals surface area contributed by atoms with Crippen LogP contribution in [0.4, 0.5) is 5.82 Å². The van der Waals surface area contributed by atoms with Gasteiger partial charge < -0.3 is 14.5 Å². The molecule has 0 spiro atoms. The van der Waals surface area contributed by atoms with Gasteiger partial charge in [-0.25, -0.2) is 4.98 Å². The highest BCUT2D eigenvalue weighted by molar-refractivity contribution is 5.81. The Balaban J connectivity index is 1.38. The molecule has 6 rings (SSSR count). The molecule has 194 valence electrons. The fraction of sp³-hybridized carbons (Fsp3) is 0.500. The van der Waals surface area contributed by atoms with Gasteiger partial charge in [0.25, 0.3) is 0 Å². The minimum absolute atomic E-state index is 0.0663. The van der Waals surface area contributed by atoms with Crippen LogP contribution in [0.2, 0.25) is 0 Å². The van der Waals surface area contributed by atoms with Gasteiger partial charge in [-0.3, -0.25) is 9.78 Å². The highest BCUT2D eigenvalue weighted by Gasteiger charge is 2.43. The van der Waals surface area contributed by atoms with Crippen LogP contribution in [0.25, 0.3) is 17.2 Å². The summed E-state index contributed by atoms with van der Waals surface area (Å²) in [5.41, 5.74) is 5.14. The number of aromatic nitrogens is 2. The topological polar surface area (TPSA) is 106 Å². The number of ether oxygens (including phenoxy) is 1. The van der Waals surface area contributed by atoms with Gasteiger partial charge in [-0.15, -0.1) is 0 Å². The largest absolute Gasteiger partial charge is 0.377 e. The molecule has 2 aromatic heterocycles.